The van der Waals surface area contributed by atoms with Crippen LogP contribution in [0.5, 0.6) is 17.2 Å². The summed E-state index contributed by atoms with van der Waals surface area (Å²) in [5.74, 6) is 2.40. The molecule has 116 valence electrons. The van der Waals surface area contributed by atoms with Gasteiger partial charge in [0.05, 0.1) is 6.61 Å². The van der Waals surface area contributed by atoms with E-state index in [0.717, 1.165) is 23.7 Å². The Bertz CT molecular complexity index is 567. The molecule has 0 aliphatic carbocycles. The molecule has 2 atom stereocenters. The summed E-state index contributed by atoms with van der Waals surface area (Å²) < 4.78 is 22.6. The molecule has 0 amide bonds. The fourth-order valence-corrected chi connectivity index (χ4v) is 2.23. The number of para-hydroxylation sites is 1. The van der Waals surface area contributed by atoms with Crippen LogP contribution in [-0.4, -0.2) is 25.6 Å². The maximum Gasteiger partial charge on any atom is 0.158 e. The van der Waals surface area contributed by atoms with Gasteiger partial charge in [-0.2, -0.15) is 0 Å². The lowest BCUT2D eigenvalue weighted by molar-refractivity contribution is -0.0642. The summed E-state index contributed by atoms with van der Waals surface area (Å²) in [4.78, 5) is 0. The molecular formula is C18H20O4. The standard InChI is InChI=1S/C18H20O4/c1-2-18-20-13-17(22-18)12-19-14-8-10-16(11-9-14)21-15-6-4-3-5-7-15/h3-11,17-18H,2,12-13H2,1H3. The molecule has 0 radical (unpaired) electrons. The van der Waals surface area contributed by atoms with E-state index in [4.69, 9.17) is 18.9 Å². The van der Waals surface area contributed by atoms with E-state index in [2.05, 4.69) is 0 Å². The fourth-order valence-electron chi connectivity index (χ4n) is 2.23. The van der Waals surface area contributed by atoms with Gasteiger partial charge < -0.3 is 18.9 Å². The molecule has 3 rings (SSSR count). The first-order valence-corrected chi connectivity index (χ1v) is 7.56. The smallest absolute Gasteiger partial charge is 0.158 e. The summed E-state index contributed by atoms with van der Waals surface area (Å²) in [5.41, 5.74) is 0. The van der Waals surface area contributed by atoms with Gasteiger partial charge in [-0.3, -0.25) is 0 Å². The Balaban J connectivity index is 1.49. The van der Waals surface area contributed by atoms with Crippen LogP contribution in [0.2, 0.25) is 0 Å². The summed E-state index contributed by atoms with van der Waals surface area (Å²) >= 11 is 0. The van der Waals surface area contributed by atoms with Crippen LogP contribution in [0.15, 0.2) is 54.6 Å². The van der Waals surface area contributed by atoms with Gasteiger partial charge >= 0.3 is 0 Å². The first-order chi connectivity index (χ1) is 10.8. The van der Waals surface area contributed by atoms with Crippen LogP contribution in [0, 0.1) is 0 Å². The van der Waals surface area contributed by atoms with Gasteiger partial charge in [0.15, 0.2) is 6.29 Å². The van der Waals surface area contributed by atoms with E-state index in [1.165, 1.54) is 0 Å². The van der Waals surface area contributed by atoms with E-state index in [-0.39, 0.29) is 12.4 Å². The van der Waals surface area contributed by atoms with Crippen molar-refractivity contribution in [1.82, 2.24) is 0 Å². The van der Waals surface area contributed by atoms with Gasteiger partial charge in [0, 0.05) is 0 Å². The average Bonchev–Trinajstić information content (AvgIpc) is 3.03. The second-order valence-electron chi connectivity index (χ2n) is 5.13. The molecule has 2 aromatic rings. The van der Waals surface area contributed by atoms with Crippen molar-refractivity contribution >= 4 is 0 Å². The minimum atomic E-state index is -0.0877. The zero-order valence-electron chi connectivity index (χ0n) is 12.6. The molecule has 0 bridgehead atoms. The highest BCUT2D eigenvalue weighted by molar-refractivity contribution is 5.35. The second-order valence-corrected chi connectivity index (χ2v) is 5.13. The lowest BCUT2D eigenvalue weighted by Crippen LogP contribution is -2.20. The SMILES string of the molecule is CCC1OCC(COc2ccc(Oc3ccccc3)cc2)O1. The van der Waals surface area contributed by atoms with Gasteiger partial charge in [0.2, 0.25) is 0 Å². The van der Waals surface area contributed by atoms with Gasteiger partial charge in [-0.05, 0) is 42.8 Å². The first-order valence-electron chi connectivity index (χ1n) is 7.56. The Hall–Kier alpha value is -2.04. The topological polar surface area (TPSA) is 36.9 Å². The molecular weight excluding hydrogens is 280 g/mol. The lowest BCUT2D eigenvalue weighted by atomic mass is 10.3. The molecule has 1 aliphatic heterocycles. The van der Waals surface area contributed by atoms with Crippen molar-refractivity contribution in [3.63, 3.8) is 0 Å². The molecule has 22 heavy (non-hydrogen) atoms. The minimum Gasteiger partial charge on any atom is -0.491 e. The van der Waals surface area contributed by atoms with Gasteiger partial charge in [0.1, 0.15) is 30.0 Å². The maximum absolute atomic E-state index is 5.74. The Morgan fingerprint density at radius 1 is 0.955 bits per heavy atom. The summed E-state index contributed by atoms with van der Waals surface area (Å²) in [5, 5.41) is 0. The van der Waals surface area contributed by atoms with E-state index in [9.17, 15) is 0 Å². The van der Waals surface area contributed by atoms with Crippen LogP contribution in [0.25, 0.3) is 0 Å². The van der Waals surface area contributed by atoms with Crippen LogP contribution in [0.4, 0.5) is 0 Å². The lowest BCUT2D eigenvalue weighted by Gasteiger charge is -2.12. The summed E-state index contributed by atoms with van der Waals surface area (Å²) in [6.07, 6.45) is 0.780. The normalized spacial score (nSPS) is 20.8. The zero-order valence-corrected chi connectivity index (χ0v) is 12.6. The van der Waals surface area contributed by atoms with E-state index < -0.39 is 0 Å². The van der Waals surface area contributed by atoms with Crippen molar-refractivity contribution in [1.29, 1.82) is 0 Å². The van der Waals surface area contributed by atoms with E-state index in [0.29, 0.717) is 13.2 Å². The van der Waals surface area contributed by atoms with Crippen molar-refractivity contribution in [2.75, 3.05) is 13.2 Å². The van der Waals surface area contributed by atoms with Crippen molar-refractivity contribution in [2.24, 2.45) is 0 Å². The van der Waals surface area contributed by atoms with E-state index in [1.807, 2.05) is 61.5 Å². The van der Waals surface area contributed by atoms with Crippen LogP contribution in [0.3, 0.4) is 0 Å². The molecule has 0 N–H and O–H groups in total. The monoisotopic (exact) mass is 300 g/mol. The largest absolute Gasteiger partial charge is 0.491 e. The third kappa shape index (κ3) is 4.00. The van der Waals surface area contributed by atoms with Gasteiger partial charge in [-0.15, -0.1) is 0 Å². The number of hydrogen-bond acceptors (Lipinski definition) is 4. The second kappa shape index (κ2) is 7.29. The molecule has 4 nitrogen and oxygen atoms in total. The molecule has 4 heteroatoms. The molecule has 0 spiro atoms. The van der Waals surface area contributed by atoms with E-state index in [1.54, 1.807) is 0 Å². The van der Waals surface area contributed by atoms with E-state index >= 15 is 0 Å². The van der Waals surface area contributed by atoms with Crippen LogP contribution in [-0.2, 0) is 9.47 Å². The van der Waals surface area contributed by atoms with Crippen molar-refractivity contribution in [3.8, 4) is 17.2 Å². The molecule has 2 unspecified atom stereocenters. The van der Waals surface area contributed by atoms with Crippen molar-refractivity contribution in [2.45, 2.75) is 25.7 Å². The zero-order chi connectivity index (χ0) is 15.2. The van der Waals surface area contributed by atoms with Gasteiger partial charge in [-0.1, -0.05) is 25.1 Å². The Morgan fingerprint density at radius 3 is 2.32 bits per heavy atom. The van der Waals surface area contributed by atoms with Gasteiger partial charge in [0.25, 0.3) is 0 Å². The van der Waals surface area contributed by atoms with Crippen LogP contribution >= 0.6 is 0 Å². The maximum atomic E-state index is 5.74. The van der Waals surface area contributed by atoms with Gasteiger partial charge in [-0.25, -0.2) is 0 Å². The number of rotatable bonds is 6. The Labute approximate surface area is 130 Å². The number of ether oxygens (including phenoxy) is 4. The molecule has 1 saturated heterocycles. The fraction of sp³-hybridized carbons (Fsp3) is 0.333. The van der Waals surface area contributed by atoms with Crippen molar-refractivity contribution < 1.29 is 18.9 Å². The first kappa shape index (κ1) is 14.9. The molecule has 0 aromatic heterocycles. The highest BCUT2D eigenvalue weighted by Gasteiger charge is 2.24. The molecule has 0 saturated carbocycles. The summed E-state index contributed by atoms with van der Waals surface area (Å²) in [6.45, 7) is 3.13. The van der Waals surface area contributed by atoms with Crippen LogP contribution < -0.4 is 9.47 Å². The third-order valence-electron chi connectivity index (χ3n) is 3.38. The number of hydrogen-bond donors (Lipinski definition) is 0. The molecule has 1 aliphatic rings. The Kier molecular flexibility index (Phi) is 4.93. The Morgan fingerprint density at radius 2 is 1.64 bits per heavy atom. The third-order valence-corrected chi connectivity index (χ3v) is 3.38. The number of benzene rings is 2. The highest BCUT2D eigenvalue weighted by Crippen LogP contribution is 2.24. The quantitative estimate of drug-likeness (QED) is 0.807. The average molecular weight is 300 g/mol. The highest BCUT2D eigenvalue weighted by atomic mass is 16.7. The predicted molar refractivity (Wildman–Crippen MR) is 83.4 cm³/mol. The molecule has 2 aromatic carbocycles. The van der Waals surface area contributed by atoms with Crippen molar-refractivity contribution in [3.05, 3.63) is 54.6 Å². The summed E-state index contributed by atoms with van der Waals surface area (Å²) in [6, 6.07) is 17.3. The minimum absolute atomic E-state index is 0.00481. The molecule has 1 fully saturated rings. The predicted octanol–water partition coefficient (Wildman–Crippen LogP) is 4.01. The van der Waals surface area contributed by atoms with Crippen LogP contribution in [0.1, 0.15) is 13.3 Å². The summed E-state index contributed by atoms with van der Waals surface area (Å²) in [7, 11) is 0. The molecule has 1 heterocycles.